The quantitative estimate of drug-likeness (QED) is 0.900. The van der Waals surface area contributed by atoms with Crippen LogP contribution in [0.1, 0.15) is 39.2 Å². The molecule has 20 heavy (non-hydrogen) atoms. The highest BCUT2D eigenvalue weighted by molar-refractivity contribution is 6.00. The second kappa shape index (κ2) is 6.27. The molecule has 0 bridgehead atoms. The zero-order valence-corrected chi connectivity index (χ0v) is 12.4. The van der Waals surface area contributed by atoms with E-state index in [0.717, 1.165) is 24.1 Å². The Morgan fingerprint density at radius 2 is 2.15 bits per heavy atom. The van der Waals surface area contributed by atoms with Gasteiger partial charge in [-0.25, -0.2) is 0 Å². The summed E-state index contributed by atoms with van der Waals surface area (Å²) in [5.74, 6) is 0.862. The molecular weight excluding hydrogens is 254 g/mol. The number of carbonyl (C=O) groups excluding carboxylic acids is 1. The Morgan fingerprint density at radius 3 is 2.75 bits per heavy atom. The molecule has 1 N–H and O–H groups in total. The Balaban J connectivity index is 2.38. The van der Waals surface area contributed by atoms with Gasteiger partial charge in [-0.3, -0.25) is 4.79 Å². The van der Waals surface area contributed by atoms with Gasteiger partial charge in [0.15, 0.2) is 6.10 Å². The highest BCUT2D eigenvalue weighted by atomic mass is 16.5. The standard InChI is InChI=1S/C16H23NO3/c1-4-5-8-17-13-7-6-12(10-18)9-14(13)20-15(11(2)3)16(17)19/h6-7,9,11,15,18H,4-5,8,10H2,1-3H3. The number of fused-ring (bicyclic) bond motifs is 1. The van der Waals surface area contributed by atoms with Gasteiger partial charge < -0.3 is 14.7 Å². The van der Waals surface area contributed by atoms with E-state index in [9.17, 15) is 9.90 Å². The van der Waals surface area contributed by atoms with Gasteiger partial charge in [0.05, 0.1) is 12.3 Å². The predicted octanol–water partition coefficient (Wildman–Crippen LogP) is 2.73. The minimum Gasteiger partial charge on any atom is -0.478 e. The molecule has 2 rings (SSSR count). The van der Waals surface area contributed by atoms with Crippen LogP contribution in [0.25, 0.3) is 0 Å². The number of aliphatic hydroxyl groups excluding tert-OH is 1. The van der Waals surface area contributed by atoms with Crippen molar-refractivity contribution >= 4 is 11.6 Å². The Hall–Kier alpha value is -1.55. The number of amides is 1. The molecule has 1 aromatic carbocycles. The van der Waals surface area contributed by atoms with Crippen LogP contribution < -0.4 is 9.64 Å². The van der Waals surface area contributed by atoms with E-state index in [4.69, 9.17) is 4.74 Å². The zero-order valence-electron chi connectivity index (χ0n) is 12.4. The van der Waals surface area contributed by atoms with Crippen molar-refractivity contribution in [3.63, 3.8) is 0 Å². The normalized spacial score (nSPS) is 18.1. The van der Waals surface area contributed by atoms with Crippen molar-refractivity contribution in [1.29, 1.82) is 0 Å². The van der Waals surface area contributed by atoms with Gasteiger partial charge in [-0.15, -0.1) is 0 Å². The molecule has 0 radical (unpaired) electrons. The molecule has 0 saturated heterocycles. The van der Waals surface area contributed by atoms with E-state index in [2.05, 4.69) is 6.92 Å². The van der Waals surface area contributed by atoms with E-state index in [1.54, 1.807) is 0 Å². The van der Waals surface area contributed by atoms with Crippen LogP contribution in [0.3, 0.4) is 0 Å². The van der Waals surface area contributed by atoms with E-state index in [0.29, 0.717) is 12.3 Å². The molecule has 1 aliphatic heterocycles. The summed E-state index contributed by atoms with van der Waals surface area (Å²) >= 11 is 0. The number of unbranched alkanes of at least 4 members (excludes halogenated alkanes) is 1. The lowest BCUT2D eigenvalue weighted by atomic mass is 10.0. The molecule has 0 spiro atoms. The SMILES string of the molecule is CCCCN1C(=O)C(C(C)C)Oc2cc(CO)ccc21. The maximum atomic E-state index is 12.5. The van der Waals surface area contributed by atoms with Crippen molar-refractivity contribution in [2.45, 2.75) is 46.3 Å². The molecule has 1 aliphatic rings. The molecule has 1 atom stereocenters. The van der Waals surface area contributed by atoms with Crippen LogP contribution in [-0.4, -0.2) is 23.7 Å². The topological polar surface area (TPSA) is 49.8 Å². The van der Waals surface area contributed by atoms with Gasteiger partial charge >= 0.3 is 0 Å². The van der Waals surface area contributed by atoms with Crippen molar-refractivity contribution in [1.82, 2.24) is 0 Å². The van der Waals surface area contributed by atoms with E-state index in [-0.39, 0.29) is 18.4 Å². The third kappa shape index (κ3) is 2.80. The first-order chi connectivity index (χ1) is 9.58. The number of ether oxygens (including phenoxy) is 1. The summed E-state index contributed by atoms with van der Waals surface area (Å²) in [6, 6.07) is 5.53. The third-order valence-electron chi connectivity index (χ3n) is 3.60. The van der Waals surface area contributed by atoms with Gasteiger partial charge in [-0.2, -0.15) is 0 Å². The lowest BCUT2D eigenvalue weighted by Crippen LogP contribution is -2.48. The molecular formula is C16H23NO3. The summed E-state index contributed by atoms with van der Waals surface area (Å²) in [6.45, 7) is 6.78. The smallest absolute Gasteiger partial charge is 0.268 e. The summed E-state index contributed by atoms with van der Waals surface area (Å²) in [5, 5.41) is 9.24. The fourth-order valence-corrected chi connectivity index (χ4v) is 2.40. The highest BCUT2D eigenvalue weighted by Gasteiger charge is 2.35. The number of hydrogen-bond donors (Lipinski definition) is 1. The van der Waals surface area contributed by atoms with E-state index < -0.39 is 6.10 Å². The maximum absolute atomic E-state index is 12.5. The lowest BCUT2D eigenvalue weighted by Gasteiger charge is -2.36. The van der Waals surface area contributed by atoms with Crippen LogP contribution in [0.5, 0.6) is 5.75 Å². The average Bonchev–Trinajstić information content (AvgIpc) is 2.45. The summed E-state index contributed by atoms with van der Waals surface area (Å²) < 4.78 is 5.86. The molecule has 110 valence electrons. The Labute approximate surface area is 120 Å². The monoisotopic (exact) mass is 277 g/mol. The van der Waals surface area contributed by atoms with Gasteiger partial charge in [-0.05, 0) is 30.0 Å². The van der Waals surface area contributed by atoms with Gasteiger partial charge in [0.2, 0.25) is 0 Å². The maximum Gasteiger partial charge on any atom is 0.268 e. The zero-order chi connectivity index (χ0) is 14.7. The second-order valence-corrected chi connectivity index (χ2v) is 5.59. The second-order valence-electron chi connectivity index (χ2n) is 5.59. The third-order valence-corrected chi connectivity index (χ3v) is 3.60. The van der Waals surface area contributed by atoms with Crippen molar-refractivity contribution in [3.8, 4) is 5.75 Å². The number of nitrogens with zero attached hydrogens (tertiary/aromatic N) is 1. The summed E-state index contributed by atoms with van der Waals surface area (Å²) in [5.41, 5.74) is 1.62. The van der Waals surface area contributed by atoms with Gasteiger partial charge in [0, 0.05) is 6.54 Å². The number of rotatable bonds is 5. The number of anilines is 1. The minimum absolute atomic E-state index is 0.0219. The minimum atomic E-state index is -0.437. The molecule has 0 fully saturated rings. The van der Waals surface area contributed by atoms with Crippen molar-refractivity contribution in [3.05, 3.63) is 23.8 Å². The summed E-state index contributed by atoms with van der Waals surface area (Å²) in [4.78, 5) is 14.4. The molecule has 1 amide bonds. The van der Waals surface area contributed by atoms with Crippen molar-refractivity contribution in [2.24, 2.45) is 5.92 Å². The molecule has 0 aliphatic carbocycles. The Bertz CT molecular complexity index is 485. The number of benzene rings is 1. The van der Waals surface area contributed by atoms with E-state index in [1.165, 1.54) is 0 Å². The molecule has 1 aromatic rings. The lowest BCUT2D eigenvalue weighted by molar-refractivity contribution is -0.128. The van der Waals surface area contributed by atoms with Gasteiger partial charge in [0.1, 0.15) is 5.75 Å². The molecule has 0 saturated carbocycles. The number of aliphatic hydroxyl groups is 1. The summed E-state index contributed by atoms with van der Waals surface area (Å²) in [7, 11) is 0. The number of carbonyl (C=O) groups is 1. The molecule has 4 heteroatoms. The fourth-order valence-electron chi connectivity index (χ4n) is 2.40. The van der Waals surface area contributed by atoms with Crippen molar-refractivity contribution < 1.29 is 14.6 Å². The largest absolute Gasteiger partial charge is 0.478 e. The highest BCUT2D eigenvalue weighted by Crippen LogP contribution is 2.36. The van der Waals surface area contributed by atoms with E-state index in [1.807, 2.05) is 36.9 Å². The van der Waals surface area contributed by atoms with Crippen LogP contribution in [0.15, 0.2) is 18.2 Å². The van der Waals surface area contributed by atoms with E-state index >= 15 is 0 Å². The number of hydrogen-bond acceptors (Lipinski definition) is 3. The van der Waals surface area contributed by atoms with Crippen molar-refractivity contribution in [2.75, 3.05) is 11.4 Å². The fraction of sp³-hybridized carbons (Fsp3) is 0.562. The van der Waals surface area contributed by atoms with Crippen LogP contribution in [0, 0.1) is 5.92 Å². The first-order valence-corrected chi connectivity index (χ1v) is 7.30. The molecule has 0 aromatic heterocycles. The predicted molar refractivity (Wildman–Crippen MR) is 78.9 cm³/mol. The van der Waals surface area contributed by atoms with Crippen LogP contribution >= 0.6 is 0 Å². The van der Waals surface area contributed by atoms with Crippen LogP contribution in [0.4, 0.5) is 5.69 Å². The van der Waals surface area contributed by atoms with Crippen LogP contribution in [-0.2, 0) is 11.4 Å². The Morgan fingerprint density at radius 1 is 1.40 bits per heavy atom. The molecule has 1 heterocycles. The first-order valence-electron chi connectivity index (χ1n) is 7.30. The summed E-state index contributed by atoms with van der Waals surface area (Å²) in [6.07, 6.45) is 1.58. The molecule has 4 nitrogen and oxygen atoms in total. The first kappa shape index (κ1) is 14.9. The Kier molecular flexibility index (Phi) is 4.65. The van der Waals surface area contributed by atoms with Gasteiger partial charge in [-0.1, -0.05) is 33.3 Å². The average molecular weight is 277 g/mol. The van der Waals surface area contributed by atoms with Crippen LogP contribution in [0.2, 0.25) is 0 Å². The molecule has 1 unspecified atom stereocenters. The van der Waals surface area contributed by atoms with Gasteiger partial charge in [0.25, 0.3) is 5.91 Å².